The number of aromatic nitrogens is 1. The summed E-state index contributed by atoms with van der Waals surface area (Å²) in [5, 5.41) is 6.63. The molecule has 0 radical (unpaired) electrons. The zero-order valence-corrected chi connectivity index (χ0v) is 14.1. The number of rotatable bonds is 4. The molecule has 3 heterocycles. The van der Waals surface area contributed by atoms with Crippen LogP contribution in [-0.2, 0) is 11.2 Å². The molecule has 2 aliphatic heterocycles. The first-order valence-corrected chi connectivity index (χ1v) is 8.75. The molecule has 0 bridgehead atoms. The number of fused-ring (bicyclic) bond motifs is 3. The van der Waals surface area contributed by atoms with Gasteiger partial charge in [0, 0.05) is 37.5 Å². The Balaban J connectivity index is 1.51. The van der Waals surface area contributed by atoms with E-state index in [0.29, 0.717) is 13.2 Å². The Hall–Kier alpha value is -2.60. The van der Waals surface area contributed by atoms with Crippen molar-refractivity contribution in [2.24, 2.45) is 0 Å². The standard InChI is InChI=1S/C19H22N4O2/c24-19-13-20-12-15-6-9-22-17-5-4-16(11-18(17)23(15)19)25-10-7-14-3-1-2-8-21-14/h1-5,8,11,15,20,22H,6-7,9-10,12-13H2/t15-/m0/s1. The first-order valence-electron chi connectivity index (χ1n) is 8.75. The highest BCUT2D eigenvalue weighted by Crippen LogP contribution is 2.35. The van der Waals surface area contributed by atoms with E-state index >= 15 is 0 Å². The summed E-state index contributed by atoms with van der Waals surface area (Å²) in [6.07, 6.45) is 3.48. The van der Waals surface area contributed by atoms with Gasteiger partial charge < -0.3 is 20.3 Å². The summed E-state index contributed by atoms with van der Waals surface area (Å²) < 4.78 is 5.91. The Bertz CT molecular complexity index is 750. The number of piperazine rings is 1. The topological polar surface area (TPSA) is 66.5 Å². The van der Waals surface area contributed by atoms with Crippen LogP contribution in [0.4, 0.5) is 11.4 Å². The first-order chi connectivity index (χ1) is 12.3. The number of nitrogens with zero attached hydrogens (tertiary/aromatic N) is 2. The maximum Gasteiger partial charge on any atom is 0.241 e. The molecule has 1 atom stereocenters. The molecule has 2 N–H and O–H groups in total. The summed E-state index contributed by atoms with van der Waals surface area (Å²) in [5.41, 5.74) is 2.93. The van der Waals surface area contributed by atoms with Crippen LogP contribution in [0.1, 0.15) is 12.1 Å². The van der Waals surface area contributed by atoms with Crippen molar-refractivity contribution in [1.29, 1.82) is 0 Å². The zero-order valence-electron chi connectivity index (χ0n) is 14.1. The molecule has 0 spiro atoms. The van der Waals surface area contributed by atoms with Crippen LogP contribution in [0.2, 0.25) is 0 Å². The van der Waals surface area contributed by atoms with Crippen molar-refractivity contribution in [3.05, 3.63) is 48.3 Å². The number of hydrogen-bond acceptors (Lipinski definition) is 5. The normalized spacial score (nSPS) is 19.4. The smallest absolute Gasteiger partial charge is 0.241 e. The molecule has 1 fully saturated rings. The molecular weight excluding hydrogens is 316 g/mol. The molecule has 1 aromatic carbocycles. The average Bonchev–Trinajstić information content (AvgIpc) is 2.82. The van der Waals surface area contributed by atoms with Crippen molar-refractivity contribution in [3.63, 3.8) is 0 Å². The van der Waals surface area contributed by atoms with Crippen LogP contribution in [0.5, 0.6) is 5.75 Å². The van der Waals surface area contributed by atoms with E-state index in [-0.39, 0.29) is 11.9 Å². The van der Waals surface area contributed by atoms with Gasteiger partial charge in [0.1, 0.15) is 5.75 Å². The fourth-order valence-corrected chi connectivity index (χ4v) is 3.43. The Morgan fingerprint density at radius 3 is 3.12 bits per heavy atom. The Morgan fingerprint density at radius 1 is 1.28 bits per heavy atom. The van der Waals surface area contributed by atoms with E-state index in [0.717, 1.165) is 48.7 Å². The molecule has 6 nitrogen and oxygen atoms in total. The van der Waals surface area contributed by atoms with Gasteiger partial charge in [-0.05, 0) is 30.7 Å². The molecule has 0 aliphatic carbocycles. The SMILES string of the molecule is O=C1CNC[C@@H]2CCNc3ccc(OCCc4ccccn4)cc3N12. The lowest BCUT2D eigenvalue weighted by Gasteiger charge is -2.35. The molecule has 1 amide bonds. The predicted octanol–water partition coefficient (Wildman–Crippen LogP) is 1.82. The third kappa shape index (κ3) is 3.44. The second-order valence-corrected chi connectivity index (χ2v) is 6.36. The lowest BCUT2D eigenvalue weighted by atomic mass is 10.1. The van der Waals surface area contributed by atoms with E-state index in [4.69, 9.17) is 4.74 Å². The van der Waals surface area contributed by atoms with Crippen molar-refractivity contribution in [1.82, 2.24) is 10.3 Å². The monoisotopic (exact) mass is 338 g/mol. The van der Waals surface area contributed by atoms with Gasteiger partial charge in [0.05, 0.1) is 30.6 Å². The summed E-state index contributed by atoms with van der Waals surface area (Å²) >= 11 is 0. The van der Waals surface area contributed by atoms with E-state index in [1.165, 1.54) is 0 Å². The lowest BCUT2D eigenvalue weighted by molar-refractivity contribution is -0.119. The quantitative estimate of drug-likeness (QED) is 0.890. The fourth-order valence-electron chi connectivity index (χ4n) is 3.43. The molecule has 25 heavy (non-hydrogen) atoms. The van der Waals surface area contributed by atoms with Gasteiger partial charge >= 0.3 is 0 Å². The Kier molecular flexibility index (Phi) is 4.52. The second kappa shape index (κ2) is 7.11. The average molecular weight is 338 g/mol. The van der Waals surface area contributed by atoms with Gasteiger partial charge in [0.15, 0.2) is 0 Å². The number of carbonyl (C=O) groups is 1. The number of nitrogens with one attached hydrogen (secondary N) is 2. The van der Waals surface area contributed by atoms with Crippen molar-refractivity contribution in [2.45, 2.75) is 18.9 Å². The van der Waals surface area contributed by atoms with Crippen molar-refractivity contribution in [2.75, 3.05) is 36.5 Å². The highest BCUT2D eigenvalue weighted by molar-refractivity contribution is 5.99. The Morgan fingerprint density at radius 2 is 2.24 bits per heavy atom. The summed E-state index contributed by atoms with van der Waals surface area (Å²) in [6, 6.07) is 12.0. The van der Waals surface area contributed by atoms with E-state index in [2.05, 4.69) is 15.6 Å². The molecule has 0 saturated carbocycles. The summed E-state index contributed by atoms with van der Waals surface area (Å²) in [6.45, 7) is 2.64. The van der Waals surface area contributed by atoms with Crippen LogP contribution in [0, 0.1) is 0 Å². The van der Waals surface area contributed by atoms with E-state index in [1.54, 1.807) is 6.20 Å². The zero-order chi connectivity index (χ0) is 17.1. The van der Waals surface area contributed by atoms with E-state index in [9.17, 15) is 4.79 Å². The van der Waals surface area contributed by atoms with Gasteiger partial charge in [0.2, 0.25) is 5.91 Å². The third-order valence-electron chi connectivity index (χ3n) is 4.66. The van der Waals surface area contributed by atoms with Crippen LogP contribution in [-0.4, -0.2) is 43.2 Å². The molecule has 4 rings (SSSR count). The number of pyridine rings is 1. The minimum Gasteiger partial charge on any atom is -0.493 e. The number of amides is 1. The molecule has 130 valence electrons. The summed E-state index contributed by atoms with van der Waals surface area (Å²) in [4.78, 5) is 18.7. The van der Waals surface area contributed by atoms with E-state index in [1.807, 2.05) is 41.3 Å². The Labute approximate surface area is 147 Å². The maximum atomic E-state index is 12.4. The van der Waals surface area contributed by atoms with Gasteiger partial charge in [-0.15, -0.1) is 0 Å². The number of benzene rings is 1. The maximum absolute atomic E-state index is 12.4. The van der Waals surface area contributed by atoms with Crippen LogP contribution in [0.3, 0.4) is 0 Å². The van der Waals surface area contributed by atoms with Gasteiger partial charge in [-0.3, -0.25) is 9.78 Å². The number of carbonyl (C=O) groups excluding carboxylic acids is 1. The highest BCUT2D eigenvalue weighted by atomic mass is 16.5. The summed E-state index contributed by atoms with van der Waals surface area (Å²) in [7, 11) is 0. The molecule has 2 aromatic rings. The molecule has 1 aromatic heterocycles. The summed E-state index contributed by atoms with van der Waals surface area (Å²) in [5.74, 6) is 0.898. The van der Waals surface area contributed by atoms with Gasteiger partial charge in [-0.2, -0.15) is 0 Å². The van der Waals surface area contributed by atoms with E-state index < -0.39 is 0 Å². The van der Waals surface area contributed by atoms with Gasteiger partial charge in [-0.25, -0.2) is 0 Å². The largest absolute Gasteiger partial charge is 0.493 e. The second-order valence-electron chi connectivity index (χ2n) is 6.36. The molecule has 6 heteroatoms. The van der Waals surface area contributed by atoms with Crippen LogP contribution in [0.15, 0.2) is 42.6 Å². The molecule has 0 unspecified atom stereocenters. The molecule has 2 aliphatic rings. The van der Waals surface area contributed by atoms with Crippen molar-refractivity contribution in [3.8, 4) is 5.75 Å². The first kappa shape index (κ1) is 15.9. The van der Waals surface area contributed by atoms with Gasteiger partial charge in [0.25, 0.3) is 0 Å². The highest BCUT2D eigenvalue weighted by Gasteiger charge is 2.32. The minimum atomic E-state index is 0.117. The van der Waals surface area contributed by atoms with Crippen molar-refractivity contribution < 1.29 is 9.53 Å². The predicted molar refractivity (Wildman–Crippen MR) is 97.1 cm³/mol. The fraction of sp³-hybridized carbons (Fsp3) is 0.368. The number of ether oxygens (including phenoxy) is 1. The van der Waals surface area contributed by atoms with Crippen LogP contribution < -0.4 is 20.3 Å². The minimum absolute atomic E-state index is 0.117. The molecule has 1 saturated heterocycles. The number of hydrogen-bond donors (Lipinski definition) is 2. The van der Waals surface area contributed by atoms with Crippen LogP contribution in [0.25, 0.3) is 0 Å². The number of anilines is 2. The van der Waals surface area contributed by atoms with Crippen molar-refractivity contribution >= 4 is 17.3 Å². The molecular formula is C19H22N4O2. The van der Waals surface area contributed by atoms with Gasteiger partial charge in [-0.1, -0.05) is 6.07 Å². The lowest BCUT2D eigenvalue weighted by Crippen LogP contribution is -2.55. The third-order valence-corrected chi connectivity index (χ3v) is 4.66. The van der Waals surface area contributed by atoms with Crippen LogP contribution >= 0.6 is 0 Å².